The molecule has 2 rings (SSSR count). The number of guanidine groups is 2. The average molecular weight is 308 g/mol. The summed E-state index contributed by atoms with van der Waals surface area (Å²) in [6, 6.07) is 0. The zero-order valence-corrected chi connectivity index (χ0v) is 14.9. The van der Waals surface area contributed by atoms with Crippen LogP contribution in [0, 0.1) is 5.92 Å². The van der Waals surface area contributed by atoms with Gasteiger partial charge in [-0.1, -0.05) is 6.92 Å². The van der Waals surface area contributed by atoms with E-state index in [9.17, 15) is 0 Å². The summed E-state index contributed by atoms with van der Waals surface area (Å²) in [5.41, 5.74) is 0. The molecule has 0 spiro atoms. The van der Waals surface area contributed by atoms with Gasteiger partial charge in [-0.25, -0.2) is 0 Å². The van der Waals surface area contributed by atoms with Crippen molar-refractivity contribution in [2.45, 2.75) is 19.8 Å². The Morgan fingerprint density at radius 2 is 1.27 bits per heavy atom. The van der Waals surface area contributed by atoms with Gasteiger partial charge in [-0.3, -0.25) is 9.98 Å². The molecular formula is C16H32N6. The van der Waals surface area contributed by atoms with Crippen LogP contribution in [0.1, 0.15) is 19.8 Å². The Kier molecular flexibility index (Phi) is 5.91. The summed E-state index contributed by atoms with van der Waals surface area (Å²) in [7, 11) is 8.49. The highest BCUT2D eigenvalue weighted by Crippen LogP contribution is 2.10. The van der Waals surface area contributed by atoms with Crippen molar-refractivity contribution in [1.29, 1.82) is 0 Å². The fourth-order valence-electron chi connectivity index (χ4n) is 3.01. The van der Waals surface area contributed by atoms with E-state index in [4.69, 9.17) is 9.98 Å². The van der Waals surface area contributed by atoms with Gasteiger partial charge in [0.25, 0.3) is 0 Å². The summed E-state index contributed by atoms with van der Waals surface area (Å²) >= 11 is 0. The van der Waals surface area contributed by atoms with E-state index < -0.39 is 0 Å². The molecule has 2 saturated heterocycles. The molecule has 126 valence electrons. The molecule has 2 fully saturated rings. The monoisotopic (exact) mass is 308 g/mol. The van der Waals surface area contributed by atoms with E-state index in [2.05, 4.69) is 54.7 Å². The molecule has 0 N–H and O–H groups in total. The SMILES string of the molecule is CC(CCCN=C1N(C)CCN1C)CN=C1N(C)CCN1C. The number of hydrogen-bond donors (Lipinski definition) is 0. The van der Waals surface area contributed by atoms with Crippen molar-refractivity contribution in [2.24, 2.45) is 15.9 Å². The number of likely N-dealkylation sites (N-methyl/N-ethyl adjacent to an activating group) is 4. The van der Waals surface area contributed by atoms with Gasteiger partial charge in [0.1, 0.15) is 0 Å². The molecule has 0 aromatic heterocycles. The lowest BCUT2D eigenvalue weighted by Crippen LogP contribution is -2.29. The van der Waals surface area contributed by atoms with Crippen molar-refractivity contribution in [3.63, 3.8) is 0 Å². The van der Waals surface area contributed by atoms with Gasteiger partial charge in [0.15, 0.2) is 11.9 Å². The molecule has 6 heteroatoms. The molecule has 2 heterocycles. The Morgan fingerprint density at radius 1 is 0.818 bits per heavy atom. The molecule has 1 unspecified atom stereocenters. The Balaban J connectivity index is 1.69. The topological polar surface area (TPSA) is 37.7 Å². The zero-order chi connectivity index (χ0) is 16.1. The lowest BCUT2D eigenvalue weighted by atomic mass is 10.1. The summed E-state index contributed by atoms with van der Waals surface area (Å²) in [5, 5.41) is 0. The molecule has 0 saturated carbocycles. The molecule has 0 radical (unpaired) electrons. The van der Waals surface area contributed by atoms with Crippen LogP contribution >= 0.6 is 0 Å². The maximum Gasteiger partial charge on any atom is 0.196 e. The van der Waals surface area contributed by atoms with Crippen molar-refractivity contribution in [3.8, 4) is 0 Å². The predicted molar refractivity (Wildman–Crippen MR) is 93.5 cm³/mol. The highest BCUT2D eigenvalue weighted by molar-refractivity contribution is 5.81. The van der Waals surface area contributed by atoms with Crippen molar-refractivity contribution < 1.29 is 0 Å². The van der Waals surface area contributed by atoms with Crippen molar-refractivity contribution >= 4 is 11.9 Å². The van der Waals surface area contributed by atoms with Crippen LogP contribution < -0.4 is 0 Å². The van der Waals surface area contributed by atoms with Gasteiger partial charge in [-0.2, -0.15) is 0 Å². The molecule has 0 aromatic rings. The Hall–Kier alpha value is -1.46. The third-order valence-electron chi connectivity index (χ3n) is 4.56. The van der Waals surface area contributed by atoms with Gasteiger partial charge in [0, 0.05) is 67.5 Å². The first-order valence-electron chi connectivity index (χ1n) is 8.42. The second-order valence-corrected chi connectivity index (χ2v) is 6.76. The van der Waals surface area contributed by atoms with Gasteiger partial charge in [-0.15, -0.1) is 0 Å². The number of hydrogen-bond acceptors (Lipinski definition) is 2. The largest absolute Gasteiger partial charge is 0.344 e. The van der Waals surface area contributed by atoms with Crippen LogP contribution in [0.25, 0.3) is 0 Å². The van der Waals surface area contributed by atoms with Gasteiger partial charge < -0.3 is 19.6 Å². The Bertz CT molecular complexity index is 395. The number of rotatable bonds is 6. The standard InChI is InChI=1S/C16H32N6/c1-14(13-18-16-21(4)11-12-22(16)5)7-6-8-17-15-19(2)9-10-20(15)3/h14H,6-13H2,1-5H3. The van der Waals surface area contributed by atoms with E-state index >= 15 is 0 Å². The fourth-order valence-corrected chi connectivity index (χ4v) is 3.01. The van der Waals surface area contributed by atoms with Crippen LogP contribution in [0.3, 0.4) is 0 Å². The van der Waals surface area contributed by atoms with E-state index in [1.54, 1.807) is 0 Å². The first-order valence-corrected chi connectivity index (χ1v) is 8.42. The molecule has 0 amide bonds. The minimum atomic E-state index is 0.620. The van der Waals surface area contributed by atoms with Gasteiger partial charge >= 0.3 is 0 Å². The molecule has 2 aliphatic rings. The summed E-state index contributed by atoms with van der Waals surface area (Å²) in [5.74, 6) is 2.90. The molecule has 0 aliphatic carbocycles. The van der Waals surface area contributed by atoms with E-state index in [0.717, 1.165) is 57.6 Å². The second kappa shape index (κ2) is 7.70. The van der Waals surface area contributed by atoms with E-state index in [1.165, 1.54) is 6.42 Å². The maximum absolute atomic E-state index is 4.78. The smallest absolute Gasteiger partial charge is 0.196 e. The molecule has 2 aliphatic heterocycles. The minimum Gasteiger partial charge on any atom is -0.344 e. The normalized spacial score (nSPS) is 20.2. The van der Waals surface area contributed by atoms with Crippen molar-refractivity contribution in [2.75, 3.05) is 67.5 Å². The number of aliphatic imine (C=N–C) groups is 2. The molecule has 6 nitrogen and oxygen atoms in total. The van der Waals surface area contributed by atoms with Gasteiger partial charge in [0.2, 0.25) is 0 Å². The predicted octanol–water partition coefficient (Wildman–Crippen LogP) is 0.869. The highest BCUT2D eigenvalue weighted by Gasteiger charge is 2.20. The molecule has 0 bridgehead atoms. The van der Waals surface area contributed by atoms with E-state index in [1.807, 2.05) is 0 Å². The van der Waals surface area contributed by atoms with Crippen molar-refractivity contribution in [1.82, 2.24) is 19.6 Å². The zero-order valence-electron chi connectivity index (χ0n) is 14.9. The second-order valence-electron chi connectivity index (χ2n) is 6.76. The molecule has 0 aromatic carbocycles. The van der Waals surface area contributed by atoms with Crippen molar-refractivity contribution in [3.05, 3.63) is 0 Å². The van der Waals surface area contributed by atoms with Gasteiger partial charge in [-0.05, 0) is 18.8 Å². The average Bonchev–Trinajstić information content (AvgIpc) is 2.97. The fraction of sp³-hybridized carbons (Fsp3) is 0.875. The first-order chi connectivity index (χ1) is 10.5. The van der Waals surface area contributed by atoms with Crippen LogP contribution in [0.4, 0.5) is 0 Å². The van der Waals surface area contributed by atoms with Crippen LogP contribution in [0.5, 0.6) is 0 Å². The number of nitrogens with zero attached hydrogens (tertiary/aromatic N) is 6. The minimum absolute atomic E-state index is 0.620. The van der Waals surface area contributed by atoms with Crippen LogP contribution in [-0.2, 0) is 0 Å². The third kappa shape index (κ3) is 4.27. The summed E-state index contributed by atoms with van der Waals surface area (Å²) < 4.78 is 0. The molecule has 22 heavy (non-hydrogen) atoms. The lowest BCUT2D eigenvalue weighted by molar-refractivity contribution is 0.504. The van der Waals surface area contributed by atoms with Crippen LogP contribution in [-0.4, -0.2) is 99.0 Å². The maximum atomic E-state index is 4.78. The van der Waals surface area contributed by atoms with Crippen LogP contribution in [0.15, 0.2) is 9.98 Å². The van der Waals surface area contributed by atoms with Crippen LogP contribution in [0.2, 0.25) is 0 Å². The summed E-state index contributed by atoms with van der Waals surface area (Å²) in [4.78, 5) is 18.5. The summed E-state index contributed by atoms with van der Waals surface area (Å²) in [6.07, 6.45) is 2.33. The quantitative estimate of drug-likeness (QED) is 0.683. The van der Waals surface area contributed by atoms with Gasteiger partial charge in [0.05, 0.1) is 0 Å². The Labute approximate surface area is 135 Å². The molecular weight excluding hydrogens is 276 g/mol. The Morgan fingerprint density at radius 3 is 1.77 bits per heavy atom. The summed E-state index contributed by atoms with van der Waals surface area (Å²) in [6.45, 7) is 8.48. The lowest BCUT2D eigenvalue weighted by Gasteiger charge is -2.17. The highest BCUT2D eigenvalue weighted by atomic mass is 15.4. The third-order valence-corrected chi connectivity index (χ3v) is 4.56. The van der Waals surface area contributed by atoms with E-state index in [-0.39, 0.29) is 0 Å². The molecule has 1 atom stereocenters. The first kappa shape index (κ1) is 16.9. The van der Waals surface area contributed by atoms with E-state index in [0.29, 0.717) is 5.92 Å².